The zero-order valence-corrected chi connectivity index (χ0v) is 38.1. The number of rotatable bonds is 40. The monoisotopic (exact) mass is 861 g/mol. The summed E-state index contributed by atoms with van der Waals surface area (Å²) in [6.45, 7) is 8.80. The average Bonchev–Trinajstić information content (AvgIpc) is 3.12. The molecule has 0 spiro atoms. The summed E-state index contributed by atoms with van der Waals surface area (Å²) in [5, 5.41) is 0. The van der Waals surface area contributed by atoms with Gasteiger partial charge in [0.25, 0.3) is 0 Å². The van der Waals surface area contributed by atoms with Crippen LogP contribution in [0, 0.1) is 0 Å². The van der Waals surface area contributed by atoms with Crippen molar-refractivity contribution in [1.29, 1.82) is 0 Å². The van der Waals surface area contributed by atoms with Gasteiger partial charge in [-0.2, -0.15) is 0 Å². The molecule has 0 saturated carbocycles. The van der Waals surface area contributed by atoms with Gasteiger partial charge in [0.05, 0.1) is 0 Å². The van der Waals surface area contributed by atoms with Gasteiger partial charge in [-0.1, -0.05) is 0 Å². The van der Waals surface area contributed by atoms with Crippen LogP contribution in [-0.2, 0) is 31.5 Å². The molecule has 0 saturated heterocycles. The van der Waals surface area contributed by atoms with Gasteiger partial charge in [-0.15, -0.1) is 0 Å². The molecule has 0 aliphatic rings. The van der Waals surface area contributed by atoms with Crippen LogP contribution in [0.4, 0.5) is 0 Å². The summed E-state index contributed by atoms with van der Waals surface area (Å²) >= 11 is -5.81. The summed E-state index contributed by atoms with van der Waals surface area (Å²) in [7, 11) is 0. The molecule has 0 aliphatic heterocycles. The van der Waals surface area contributed by atoms with E-state index in [1.165, 1.54) is 103 Å². The maximum absolute atomic E-state index is 13.3. The molecule has 0 unspecified atom stereocenters. The van der Waals surface area contributed by atoms with E-state index >= 15 is 0 Å². The number of unbranched alkanes of at least 4 members (excludes halogenated alkanes) is 28. The molecule has 0 aliphatic carbocycles. The van der Waals surface area contributed by atoms with E-state index < -0.39 is 43.9 Å². The summed E-state index contributed by atoms with van der Waals surface area (Å²) in [6.07, 6.45) is 34.4. The molecule has 8 nitrogen and oxygen atoms in total. The number of hydrogen-bond donors (Lipinski definition) is 0. The van der Waals surface area contributed by atoms with E-state index in [1.807, 2.05) is 0 Å². The molecule has 0 radical (unpaired) electrons. The zero-order chi connectivity index (χ0) is 39.1. The first-order valence-corrected chi connectivity index (χ1v) is 27.4. The normalized spacial score (nSPS) is 11.4. The van der Waals surface area contributed by atoms with Crippen LogP contribution in [0.25, 0.3) is 0 Å². The number of carbonyl (C=O) groups is 4. The Bertz CT molecular complexity index is 738. The van der Waals surface area contributed by atoms with E-state index in [9.17, 15) is 19.2 Å². The molecular weight excluding hydrogens is 775 g/mol. The van der Waals surface area contributed by atoms with Crippen molar-refractivity contribution in [3.8, 4) is 0 Å². The van der Waals surface area contributed by atoms with Crippen molar-refractivity contribution < 1.29 is 31.5 Å². The third-order valence-corrected chi connectivity index (χ3v) is 15.3. The fraction of sp³-hybridized carbons (Fsp3) is 0.909. The summed E-state index contributed by atoms with van der Waals surface area (Å²) < 4.78 is 23.2. The molecular formula is C44H84O8Sn. The van der Waals surface area contributed by atoms with Crippen LogP contribution in [0.5, 0.6) is 0 Å². The molecule has 0 aromatic carbocycles. The molecule has 0 aromatic rings. The maximum atomic E-state index is 13.3. The second-order valence-electron chi connectivity index (χ2n) is 15.3. The molecule has 9 heteroatoms. The zero-order valence-electron chi connectivity index (χ0n) is 35.2. The molecule has 0 rings (SSSR count). The van der Waals surface area contributed by atoms with Gasteiger partial charge in [0.15, 0.2) is 0 Å². The Hall–Kier alpha value is -1.32. The summed E-state index contributed by atoms with van der Waals surface area (Å²) in [4.78, 5) is 53.0. The van der Waals surface area contributed by atoms with Gasteiger partial charge in [-0.3, -0.25) is 0 Å². The summed E-state index contributed by atoms with van der Waals surface area (Å²) in [5.74, 6) is -2.53. The molecule has 0 atom stereocenters. The fourth-order valence-corrected chi connectivity index (χ4v) is 11.6. The molecule has 0 bridgehead atoms. The molecule has 0 heterocycles. The van der Waals surface area contributed by atoms with Crippen molar-refractivity contribution in [3.63, 3.8) is 0 Å². The predicted octanol–water partition coefficient (Wildman–Crippen LogP) is 13.7. The van der Waals surface area contributed by atoms with E-state index in [2.05, 4.69) is 27.7 Å². The van der Waals surface area contributed by atoms with E-state index in [0.29, 0.717) is 25.7 Å². The van der Waals surface area contributed by atoms with Gasteiger partial charge in [-0.05, 0) is 0 Å². The van der Waals surface area contributed by atoms with E-state index in [0.717, 1.165) is 77.0 Å². The Morgan fingerprint density at radius 1 is 0.264 bits per heavy atom. The first-order valence-electron chi connectivity index (χ1n) is 22.7. The first-order chi connectivity index (χ1) is 25.8. The Balaban J connectivity index is 5.54. The van der Waals surface area contributed by atoms with Gasteiger partial charge < -0.3 is 0 Å². The fourth-order valence-electron chi connectivity index (χ4n) is 6.50. The quantitative estimate of drug-likeness (QED) is 0.0443. The molecule has 0 fully saturated rings. The summed E-state index contributed by atoms with van der Waals surface area (Å²) in [6, 6.07) is 0. The molecule has 0 amide bonds. The molecule has 0 N–H and O–H groups in total. The molecule has 0 aromatic heterocycles. The van der Waals surface area contributed by atoms with E-state index in [-0.39, 0.29) is 25.7 Å². The van der Waals surface area contributed by atoms with Crippen molar-refractivity contribution in [2.45, 2.75) is 259 Å². The van der Waals surface area contributed by atoms with Crippen LogP contribution in [0.2, 0.25) is 0 Å². The average molecular weight is 860 g/mol. The minimum atomic E-state index is -5.81. The first kappa shape index (κ1) is 51.7. The van der Waals surface area contributed by atoms with Crippen LogP contribution in [-0.4, -0.2) is 43.9 Å². The van der Waals surface area contributed by atoms with Crippen molar-refractivity contribution in [1.82, 2.24) is 0 Å². The predicted molar refractivity (Wildman–Crippen MR) is 219 cm³/mol. The van der Waals surface area contributed by atoms with Crippen LogP contribution in [0.3, 0.4) is 0 Å². The van der Waals surface area contributed by atoms with Crippen LogP contribution < -0.4 is 0 Å². The van der Waals surface area contributed by atoms with Crippen LogP contribution in [0.1, 0.15) is 259 Å². The SMILES string of the molecule is CCCCCCCCCCC(=O)[O][Sn]([O]C(=O)CCCCCCCCCC)([O]C(=O)CCCCCCCCCC)[O]C(=O)CCCCCCCCCC. The second-order valence-corrected chi connectivity index (χ2v) is 20.5. The van der Waals surface area contributed by atoms with Gasteiger partial charge in [0.1, 0.15) is 0 Å². The number of carbonyl (C=O) groups excluding carboxylic acids is 4. The topological polar surface area (TPSA) is 105 Å². The second kappa shape index (κ2) is 38.9. The summed E-state index contributed by atoms with van der Waals surface area (Å²) in [5.41, 5.74) is 0. The van der Waals surface area contributed by atoms with Crippen LogP contribution >= 0.6 is 0 Å². The van der Waals surface area contributed by atoms with Crippen molar-refractivity contribution in [2.75, 3.05) is 0 Å². The molecule has 53 heavy (non-hydrogen) atoms. The standard InChI is InChI=1S/4C11H22O2.Sn/c4*1-2-3-4-5-6-7-8-9-10-11(12)13;/h4*2-10H2,1H3,(H,12,13);/q;;;;+4/p-4. The van der Waals surface area contributed by atoms with Gasteiger partial charge >= 0.3 is 334 Å². The van der Waals surface area contributed by atoms with Gasteiger partial charge in [-0.25, -0.2) is 0 Å². The van der Waals surface area contributed by atoms with Gasteiger partial charge in [0, 0.05) is 0 Å². The van der Waals surface area contributed by atoms with Crippen molar-refractivity contribution in [3.05, 3.63) is 0 Å². The number of hydrogen-bond acceptors (Lipinski definition) is 8. The van der Waals surface area contributed by atoms with Crippen molar-refractivity contribution in [2.24, 2.45) is 0 Å². The van der Waals surface area contributed by atoms with E-state index in [4.69, 9.17) is 12.3 Å². The minimum absolute atomic E-state index is 0.0916. The third kappa shape index (κ3) is 34.9. The van der Waals surface area contributed by atoms with E-state index in [1.54, 1.807) is 0 Å². The Morgan fingerprint density at radius 2 is 0.415 bits per heavy atom. The van der Waals surface area contributed by atoms with Crippen LogP contribution in [0.15, 0.2) is 0 Å². The van der Waals surface area contributed by atoms with Crippen molar-refractivity contribution >= 4 is 43.9 Å². The Morgan fingerprint density at radius 3 is 0.585 bits per heavy atom. The van der Waals surface area contributed by atoms with Gasteiger partial charge in [0.2, 0.25) is 0 Å². The Kier molecular flexibility index (Phi) is 38.0. The third-order valence-electron chi connectivity index (χ3n) is 9.89. The Labute approximate surface area is 332 Å². The molecule has 312 valence electrons.